The summed E-state index contributed by atoms with van der Waals surface area (Å²) in [6, 6.07) is -0.987. The monoisotopic (exact) mass is 449 g/mol. The van der Waals surface area contributed by atoms with Gasteiger partial charge in [0.1, 0.15) is 12.3 Å². The van der Waals surface area contributed by atoms with Gasteiger partial charge in [-0.1, -0.05) is 70.6 Å². The number of aldehydes is 1. The summed E-state index contributed by atoms with van der Waals surface area (Å²) in [6.45, 7) is 0. The van der Waals surface area contributed by atoms with E-state index in [9.17, 15) is 22.8 Å². The number of carbonyl (C=O) groups excluding carboxylic acids is 2. The number of hydrogen-bond donors (Lipinski definition) is 3. The van der Waals surface area contributed by atoms with Crippen molar-refractivity contribution in [3.63, 3.8) is 0 Å². The number of rotatable bonds is 21. The van der Waals surface area contributed by atoms with Gasteiger partial charge in [-0.2, -0.15) is 8.42 Å². The minimum atomic E-state index is -3.81. The second kappa shape index (κ2) is 18.3. The van der Waals surface area contributed by atoms with Crippen LogP contribution in [0.25, 0.3) is 0 Å². The van der Waals surface area contributed by atoms with Crippen molar-refractivity contribution in [3.05, 3.63) is 0 Å². The fourth-order valence-electron chi connectivity index (χ4n) is 3.27. The van der Waals surface area contributed by atoms with E-state index in [1.54, 1.807) is 0 Å². The predicted octanol–water partition coefficient (Wildman–Crippen LogP) is 3.88. The maximum absolute atomic E-state index is 11.8. The highest BCUT2D eigenvalue weighted by molar-refractivity contribution is 7.85. The van der Waals surface area contributed by atoms with Crippen molar-refractivity contribution in [1.29, 1.82) is 0 Å². The van der Waals surface area contributed by atoms with Gasteiger partial charge in [-0.15, -0.1) is 0 Å². The van der Waals surface area contributed by atoms with Crippen LogP contribution in [0.4, 0.5) is 0 Å². The van der Waals surface area contributed by atoms with Gasteiger partial charge in [0.05, 0.1) is 5.75 Å². The van der Waals surface area contributed by atoms with E-state index < -0.39 is 22.1 Å². The average molecular weight is 450 g/mol. The van der Waals surface area contributed by atoms with Crippen LogP contribution in [0.5, 0.6) is 0 Å². The highest BCUT2D eigenvalue weighted by Crippen LogP contribution is 2.13. The summed E-state index contributed by atoms with van der Waals surface area (Å²) in [6.07, 6.45) is 14.5. The molecule has 0 spiro atoms. The molecule has 9 heteroatoms. The van der Waals surface area contributed by atoms with Gasteiger partial charge in [0.15, 0.2) is 0 Å². The highest BCUT2D eigenvalue weighted by atomic mass is 32.2. The zero-order valence-electron chi connectivity index (χ0n) is 18.0. The second-order valence-corrected chi connectivity index (χ2v) is 9.41. The normalized spacial score (nSPS) is 12.4. The minimum Gasteiger partial charge on any atom is -0.480 e. The molecule has 0 rings (SSSR count). The Labute approximate surface area is 180 Å². The topological polar surface area (TPSA) is 138 Å². The number of carbonyl (C=O) groups is 3. The molecule has 1 amide bonds. The maximum atomic E-state index is 11.8. The quantitative estimate of drug-likeness (QED) is 0.137. The zero-order chi connectivity index (χ0) is 22.7. The first-order valence-corrected chi connectivity index (χ1v) is 12.8. The Kier molecular flexibility index (Phi) is 17.4. The molecule has 0 aromatic heterocycles. The van der Waals surface area contributed by atoms with Crippen LogP contribution in [0.2, 0.25) is 0 Å². The fourth-order valence-corrected chi connectivity index (χ4v) is 3.84. The number of carboxylic acids is 1. The van der Waals surface area contributed by atoms with E-state index in [0.29, 0.717) is 19.1 Å². The molecule has 8 nitrogen and oxygen atoms in total. The molecule has 0 aliphatic carbocycles. The summed E-state index contributed by atoms with van der Waals surface area (Å²) in [4.78, 5) is 33.1. The first-order valence-electron chi connectivity index (χ1n) is 11.2. The lowest BCUT2D eigenvalue weighted by atomic mass is 10.0. The van der Waals surface area contributed by atoms with Gasteiger partial charge in [-0.05, 0) is 19.3 Å². The number of carboxylic acid groups (broad SMARTS) is 1. The highest BCUT2D eigenvalue weighted by Gasteiger charge is 2.18. The van der Waals surface area contributed by atoms with Gasteiger partial charge in [0, 0.05) is 12.8 Å². The van der Waals surface area contributed by atoms with Crippen LogP contribution in [0.3, 0.4) is 0 Å². The molecule has 3 N–H and O–H groups in total. The van der Waals surface area contributed by atoms with Gasteiger partial charge in [0.2, 0.25) is 5.91 Å². The zero-order valence-corrected chi connectivity index (χ0v) is 18.8. The van der Waals surface area contributed by atoms with Crippen molar-refractivity contribution in [2.24, 2.45) is 0 Å². The summed E-state index contributed by atoms with van der Waals surface area (Å²) in [5.74, 6) is -1.52. The molecule has 1 atom stereocenters. The lowest BCUT2D eigenvalue weighted by Crippen LogP contribution is -2.40. The lowest BCUT2D eigenvalue weighted by molar-refractivity contribution is -0.142. The molecule has 0 saturated heterocycles. The smallest absolute Gasteiger partial charge is 0.326 e. The molecule has 1 unspecified atom stereocenters. The molecule has 0 bridgehead atoms. The molecule has 176 valence electrons. The van der Waals surface area contributed by atoms with Crippen LogP contribution in [-0.4, -0.2) is 48.0 Å². The van der Waals surface area contributed by atoms with Crippen LogP contribution in [0.15, 0.2) is 0 Å². The van der Waals surface area contributed by atoms with Crippen LogP contribution < -0.4 is 5.32 Å². The van der Waals surface area contributed by atoms with Gasteiger partial charge < -0.3 is 15.2 Å². The van der Waals surface area contributed by atoms with E-state index in [4.69, 9.17) is 9.66 Å². The average Bonchev–Trinajstić information content (AvgIpc) is 2.67. The number of nitrogens with one attached hydrogen (secondary N) is 1. The summed E-state index contributed by atoms with van der Waals surface area (Å²) in [5.41, 5.74) is 0. The van der Waals surface area contributed by atoms with Crippen molar-refractivity contribution >= 4 is 28.3 Å². The van der Waals surface area contributed by atoms with E-state index in [1.165, 1.54) is 25.7 Å². The molecule has 0 aromatic rings. The standard InChI is InChI=1S/C21H39NO7S/c23-17-14-15-19(21(25)26)22-20(24)16-12-10-8-6-4-2-1-3-5-7-9-11-13-18-30(27,28)29/h17,19H,1-16,18H2,(H,22,24)(H,25,26)(H,27,28,29). The van der Waals surface area contributed by atoms with Crippen LogP contribution in [0, 0.1) is 0 Å². The molecule has 0 saturated carbocycles. The molecule has 30 heavy (non-hydrogen) atoms. The van der Waals surface area contributed by atoms with Crippen LogP contribution in [0.1, 0.15) is 103 Å². The van der Waals surface area contributed by atoms with Crippen molar-refractivity contribution in [1.82, 2.24) is 5.32 Å². The summed E-state index contributed by atoms with van der Waals surface area (Å²) in [7, 11) is -3.81. The van der Waals surface area contributed by atoms with E-state index in [1.807, 2.05) is 0 Å². The van der Waals surface area contributed by atoms with Gasteiger partial charge >= 0.3 is 5.97 Å². The Balaban J connectivity index is 3.42. The minimum absolute atomic E-state index is 0.119. The first kappa shape index (κ1) is 28.5. The summed E-state index contributed by atoms with van der Waals surface area (Å²) >= 11 is 0. The first-order chi connectivity index (χ1) is 14.3. The summed E-state index contributed by atoms with van der Waals surface area (Å²) < 4.78 is 29.8. The fraction of sp³-hybridized carbons (Fsp3) is 0.857. The number of aliphatic carboxylic acids is 1. The van der Waals surface area contributed by atoms with Crippen LogP contribution in [-0.2, 0) is 24.5 Å². The van der Waals surface area contributed by atoms with E-state index in [2.05, 4.69) is 5.32 Å². The maximum Gasteiger partial charge on any atom is 0.326 e. The van der Waals surface area contributed by atoms with Crippen LogP contribution >= 0.6 is 0 Å². The SMILES string of the molecule is O=CCCC(NC(=O)CCCCCCCCCCCCCCCS(=O)(=O)O)C(=O)O. The van der Waals surface area contributed by atoms with Gasteiger partial charge in [0.25, 0.3) is 10.1 Å². The van der Waals surface area contributed by atoms with E-state index in [-0.39, 0.29) is 24.5 Å². The molecule has 0 aliphatic heterocycles. The number of hydrogen-bond acceptors (Lipinski definition) is 5. The molecule has 0 aromatic carbocycles. The van der Waals surface area contributed by atoms with Crippen molar-refractivity contribution in [2.45, 2.75) is 109 Å². The number of unbranched alkanes of at least 4 members (excludes halogenated alkanes) is 12. The van der Waals surface area contributed by atoms with E-state index >= 15 is 0 Å². The Hall–Kier alpha value is -1.48. The third-order valence-electron chi connectivity index (χ3n) is 5.01. The second-order valence-electron chi connectivity index (χ2n) is 7.83. The molecule has 0 heterocycles. The van der Waals surface area contributed by atoms with Gasteiger partial charge in [-0.25, -0.2) is 4.79 Å². The third-order valence-corrected chi connectivity index (χ3v) is 5.82. The third kappa shape index (κ3) is 19.8. The molecule has 0 radical (unpaired) electrons. The van der Waals surface area contributed by atoms with Gasteiger partial charge in [-0.3, -0.25) is 9.35 Å². The Morgan fingerprint density at radius 3 is 1.63 bits per heavy atom. The Morgan fingerprint density at radius 1 is 0.800 bits per heavy atom. The number of amides is 1. The van der Waals surface area contributed by atoms with E-state index in [0.717, 1.165) is 51.4 Å². The summed E-state index contributed by atoms with van der Waals surface area (Å²) in [5, 5.41) is 11.5. The molecule has 0 aliphatic rings. The Morgan fingerprint density at radius 2 is 1.23 bits per heavy atom. The molecule has 0 fully saturated rings. The van der Waals surface area contributed by atoms with Crippen molar-refractivity contribution < 1.29 is 32.5 Å². The predicted molar refractivity (Wildman–Crippen MR) is 116 cm³/mol. The largest absolute Gasteiger partial charge is 0.480 e. The molecular weight excluding hydrogens is 410 g/mol. The Bertz CT molecular complexity index is 578. The van der Waals surface area contributed by atoms with Crippen molar-refractivity contribution in [2.75, 3.05) is 5.75 Å². The lowest BCUT2D eigenvalue weighted by Gasteiger charge is -2.13. The molecular formula is C21H39NO7S. The van der Waals surface area contributed by atoms with Crippen molar-refractivity contribution in [3.8, 4) is 0 Å².